The van der Waals surface area contributed by atoms with Crippen LogP contribution in [0.15, 0.2) is 65.4 Å². The molecular formula is C28H35N3O5S2. The fourth-order valence-corrected chi connectivity index (χ4v) is 5.29. The van der Waals surface area contributed by atoms with Gasteiger partial charge in [0.2, 0.25) is 0 Å². The zero-order chi connectivity index (χ0) is 27.2. The van der Waals surface area contributed by atoms with E-state index in [1.165, 1.54) is 7.11 Å². The predicted octanol–water partition coefficient (Wildman–Crippen LogP) is 6.11. The van der Waals surface area contributed by atoms with Crippen molar-refractivity contribution in [1.82, 2.24) is 15.5 Å². The van der Waals surface area contributed by atoms with Crippen molar-refractivity contribution in [3.63, 3.8) is 0 Å². The smallest absolute Gasteiger partial charge is 0.410 e. The Morgan fingerprint density at radius 1 is 0.921 bits per heavy atom. The van der Waals surface area contributed by atoms with Crippen molar-refractivity contribution in [2.75, 3.05) is 13.7 Å². The summed E-state index contributed by atoms with van der Waals surface area (Å²) in [6, 6.07) is 15.8. The fraction of sp³-hybridized carbons (Fsp3) is 0.393. The van der Waals surface area contributed by atoms with E-state index in [2.05, 4.69) is 17.6 Å². The van der Waals surface area contributed by atoms with E-state index in [4.69, 9.17) is 9.47 Å². The Morgan fingerprint density at radius 2 is 1.58 bits per heavy atom. The second-order valence-corrected chi connectivity index (χ2v) is 10.9. The number of methoxy groups -OCH3 is 1. The van der Waals surface area contributed by atoms with Gasteiger partial charge in [0, 0.05) is 9.75 Å². The Kier molecular flexibility index (Phi) is 12.1. The molecule has 0 aliphatic rings. The molecule has 2 aromatic heterocycles. The Labute approximate surface area is 232 Å². The SMILES string of the molecule is CCCC[C@@H](COC(=O)N(Cc1cccs1)Cc1cccs1)NC(=O)NC(CC(=O)OC)c1ccccc1. The maximum absolute atomic E-state index is 13.1. The lowest BCUT2D eigenvalue weighted by Gasteiger charge is -2.25. The number of thiophene rings is 2. The first-order chi connectivity index (χ1) is 18.5. The molecule has 0 saturated heterocycles. The van der Waals surface area contributed by atoms with Crippen LogP contribution in [0.25, 0.3) is 0 Å². The number of carbonyl (C=O) groups is 3. The zero-order valence-electron chi connectivity index (χ0n) is 21.8. The third-order valence-corrected chi connectivity index (χ3v) is 7.59. The molecule has 38 heavy (non-hydrogen) atoms. The van der Waals surface area contributed by atoms with Crippen LogP contribution in [0.2, 0.25) is 0 Å². The monoisotopic (exact) mass is 557 g/mol. The first-order valence-electron chi connectivity index (χ1n) is 12.6. The van der Waals surface area contributed by atoms with Crippen LogP contribution in [0.3, 0.4) is 0 Å². The van der Waals surface area contributed by atoms with Crippen LogP contribution in [0.1, 0.15) is 54.0 Å². The van der Waals surface area contributed by atoms with Gasteiger partial charge in [-0.05, 0) is 34.9 Å². The van der Waals surface area contributed by atoms with Crippen molar-refractivity contribution in [1.29, 1.82) is 0 Å². The highest BCUT2D eigenvalue weighted by Crippen LogP contribution is 2.19. The quantitative estimate of drug-likeness (QED) is 0.233. The second-order valence-electron chi connectivity index (χ2n) is 8.79. The average Bonchev–Trinajstić information content (AvgIpc) is 3.64. The lowest BCUT2D eigenvalue weighted by molar-refractivity contribution is -0.141. The van der Waals surface area contributed by atoms with E-state index in [-0.39, 0.29) is 19.1 Å². The van der Waals surface area contributed by atoms with Gasteiger partial charge in [-0.1, -0.05) is 62.2 Å². The molecule has 2 N–H and O–H groups in total. The van der Waals surface area contributed by atoms with Crippen LogP contribution in [0.5, 0.6) is 0 Å². The normalized spacial score (nSPS) is 12.3. The van der Waals surface area contributed by atoms with Gasteiger partial charge in [-0.25, -0.2) is 9.59 Å². The highest BCUT2D eigenvalue weighted by molar-refractivity contribution is 7.10. The van der Waals surface area contributed by atoms with Gasteiger partial charge in [-0.2, -0.15) is 0 Å². The first-order valence-corrected chi connectivity index (χ1v) is 14.4. The fourth-order valence-electron chi connectivity index (χ4n) is 3.85. The summed E-state index contributed by atoms with van der Waals surface area (Å²) in [4.78, 5) is 41.8. The summed E-state index contributed by atoms with van der Waals surface area (Å²) in [5.74, 6) is -0.424. The number of unbranched alkanes of at least 4 members (excludes halogenated alkanes) is 1. The molecule has 0 fully saturated rings. The standard InChI is InChI=1S/C28H35N3O5S2/c1-3-4-12-22(29-27(33)30-25(17-26(32)35-2)21-10-6-5-7-11-21)20-36-28(34)31(18-23-13-8-15-37-23)19-24-14-9-16-38-24/h5-11,13-16,22,25H,3-4,12,17-20H2,1-2H3,(H2,29,30,33)/t22-,25?/m0/s1. The van der Waals surface area contributed by atoms with E-state index in [0.717, 1.165) is 28.2 Å². The largest absolute Gasteiger partial charge is 0.469 e. The molecule has 3 aromatic rings. The second kappa shape index (κ2) is 15.8. The molecule has 10 heteroatoms. The van der Waals surface area contributed by atoms with E-state index < -0.39 is 24.1 Å². The van der Waals surface area contributed by atoms with Crippen LogP contribution in [-0.4, -0.2) is 42.8 Å². The van der Waals surface area contributed by atoms with Crippen molar-refractivity contribution in [3.05, 3.63) is 80.7 Å². The number of carbonyl (C=O) groups excluding carboxylic acids is 3. The van der Waals surface area contributed by atoms with Crippen LogP contribution in [0.4, 0.5) is 9.59 Å². The Hall–Kier alpha value is -3.37. The number of nitrogens with one attached hydrogen (secondary N) is 2. The Bertz CT molecular complexity index is 1070. The number of hydrogen-bond donors (Lipinski definition) is 2. The number of urea groups is 1. The lowest BCUT2D eigenvalue weighted by Crippen LogP contribution is -2.46. The number of benzene rings is 1. The Balaban J connectivity index is 1.62. The maximum Gasteiger partial charge on any atom is 0.410 e. The van der Waals surface area contributed by atoms with Crippen LogP contribution < -0.4 is 10.6 Å². The topological polar surface area (TPSA) is 97.0 Å². The summed E-state index contributed by atoms with van der Waals surface area (Å²) in [5, 5.41) is 9.78. The van der Waals surface area contributed by atoms with E-state index >= 15 is 0 Å². The molecule has 3 amide bonds. The van der Waals surface area contributed by atoms with Crippen LogP contribution in [-0.2, 0) is 27.4 Å². The summed E-state index contributed by atoms with van der Waals surface area (Å²) in [6.07, 6.45) is 2.03. The van der Waals surface area contributed by atoms with Crippen LogP contribution in [0, 0.1) is 0 Å². The molecule has 0 saturated carbocycles. The highest BCUT2D eigenvalue weighted by atomic mass is 32.1. The van der Waals surface area contributed by atoms with E-state index in [1.54, 1.807) is 27.6 Å². The minimum absolute atomic E-state index is 0.00292. The van der Waals surface area contributed by atoms with Gasteiger partial charge in [0.05, 0.1) is 38.7 Å². The summed E-state index contributed by atoms with van der Waals surface area (Å²) >= 11 is 3.18. The summed E-state index contributed by atoms with van der Waals surface area (Å²) in [7, 11) is 1.32. The van der Waals surface area contributed by atoms with Gasteiger partial charge in [0.1, 0.15) is 6.61 Å². The zero-order valence-corrected chi connectivity index (χ0v) is 23.4. The molecule has 2 atom stereocenters. The molecule has 0 aliphatic heterocycles. The maximum atomic E-state index is 13.1. The average molecular weight is 558 g/mol. The molecule has 204 valence electrons. The van der Waals surface area contributed by atoms with Gasteiger partial charge in [-0.3, -0.25) is 9.69 Å². The van der Waals surface area contributed by atoms with Crippen molar-refractivity contribution in [2.24, 2.45) is 0 Å². The summed E-state index contributed by atoms with van der Waals surface area (Å²) in [5.41, 5.74) is 0.794. The molecule has 1 unspecified atom stereocenters. The molecule has 3 rings (SSSR count). The molecule has 2 heterocycles. The number of amides is 3. The molecule has 0 bridgehead atoms. The number of nitrogens with zero attached hydrogens (tertiary/aromatic N) is 1. The minimum Gasteiger partial charge on any atom is -0.469 e. The lowest BCUT2D eigenvalue weighted by atomic mass is 10.0. The van der Waals surface area contributed by atoms with Crippen molar-refractivity contribution in [2.45, 2.75) is 57.8 Å². The summed E-state index contributed by atoms with van der Waals surface area (Å²) < 4.78 is 10.5. The minimum atomic E-state index is -0.551. The molecule has 0 spiro atoms. The number of rotatable bonds is 14. The Morgan fingerprint density at radius 3 is 2.13 bits per heavy atom. The number of hydrogen-bond acceptors (Lipinski definition) is 7. The third kappa shape index (κ3) is 9.83. The van der Waals surface area contributed by atoms with E-state index in [1.807, 2.05) is 65.4 Å². The van der Waals surface area contributed by atoms with Crippen molar-refractivity contribution >= 4 is 40.8 Å². The third-order valence-electron chi connectivity index (χ3n) is 5.87. The van der Waals surface area contributed by atoms with E-state index in [0.29, 0.717) is 19.5 Å². The van der Waals surface area contributed by atoms with Crippen molar-refractivity contribution < 1.29 is 23.9 Å². The van der Waals surface area contributed by atoms with Gasteiger partial charge in [0.25, 0.3) is 0 Å². The summed E-state index contributed by atoms with van der Waals surface area (Å²) in [6.45, 7) is 3.02. The molecule has 0 radical (unpaired) electrons. The molecule has 0 aliphatic carbocycles. The van der Waals surface area contributed by atoms with E-state index in [9.17, 15) is 14.4 Å². The van der Waals surface area contributed by atoms with Gasteiger partial charge in [-0.15, -0.1) is 22.7 Å². The first kappa shape index (κ1) is 29.2. The van der Waals surface area contributed by atoms with Crippen molar-refractivity contribution in [3.8, 4) is 0 Å². The highest BCUT2D eigenvalue weighted by Gasteiger charge is 2.23. The number of ether oxygens (including phenoxy) is 2. The van der Waals surface area contributed by atoms with Crippen LogP contribution >= 0.6 is 22.7 Å². The molecular weight excluding hydrogens is 522 g/mol. The van der Waals surface area contributed by atoms with Gasteiger partial charge < -0.3 is 20.1 Å². The molecule has 1 aromatic carbocycles. The number of esters is 1. The molecule has 8 nitrogen and oxygen atoms in total. The van der Waals surface area contributed by atoms with Gasteiger partial charge >= 0.3 is 18.1 Å². The predicted molar refractivity (Wildman–Crippen MR) is 150 cm³/mol. The van der Waals surface area contributed by atoms with Gasteiger partial charge in [0.15, 0.2) is 0 Å².